The first-order chi connectivity index (χ1) is 13.8. The van der Waals surface area contributed by atoms with Gasteiger partial charge in [0.05, 0.1) is 12.2 Å². The maximum Gasteiger partial charge on any atom is 0.238 e. The number of rotatable bonds is 6. The molecule has 7 nitrogen and oxygen atoms in total. The first kappa shape index (κ1) is 18.3. The van der Waals surface area contributed by atoms with Gasteiger partial charge in [0.25, 0.3) is 0 Å². The molecule has 4 rings (SSSR count). The third kappa shape index (κ3) is 4.62. The molecule has 28 heavy (non-hydrogen) atoms. The minimum atomic E-state index is -0.0482. The monoisotopic (exact) mass is 377 g/mol. The molecule has 1 amide bonds. The topological polar surface area (TPSA) is 74.5 Å². The lowest BCUT2D eigenvalue weighted by molar-refractivity contribution is -0.117. The normalized spacial score (nSPS) is 16.0. The van der Waals surface area contributed by atoms with E-state index < -0.39 is 0 Å². The van der Waals surface area contributed by atoms with Gasteiger partial charge in [-0.15, -0.1) is 0 Å². The first-order valence-corrected chi connectivity index (χ1v) is 9.45. The van der Waals surface area contributed by atoms with Gasteiger partial charge in [-0.25, -0.2) is 4.63 Å². The lowest BCUT2D eigenvalue weighted by Crippen LogP contribution is -2.48. The van der Waals surface area contributed by atoms with Crippen LogP contribution in [0.1, 0.15) is 5.56 Å². The summed E-state index contributed by atoms with van der Waals surface area (Å²) in [5.74, 6) is -0.0482. The number of fused-ring (bicyclic) bond motifs is 1. The second-order valence-corrected chi connectivity index (χ2v) is 6.88. The molecule has 2 aromatic carbocycles. The van der Waals surface area contributed by atoms with E-state index in [9.17, 15) is 4.79 Å². The number of benzene rings is 2. The average Bonchev–Trinajstić information content (AvgIpc) is 3.20. The van der Waals surface area contributed by atoms with E-state index in [1.54, 1.807) is 12.1 Å². The van der Waals surface area contributed by atoms with E-state index in [-0.39, 0.29) is 5.91 Å². The van der Waals surface area contributed by atoms with Crippen LogP contribution in [-0.2, 0) is 4.79 Å². The van der Waals surface area contributed by atoms with E-state index >= 15 is 0 Å². The van der Waals surface area contributed by atoms with Crippen molar-refractivity contribution in [2.75, 3.05) is 44.6 Å². The molecule has 0 radical (unpaired) electrons. The van der Waals surface area contributed by atoms with Crippen molar-refractivity contribution in [3.8, 4) is 0 Å². The Morgan fingerprint density at radius 3 is 2.61 bits per heavy atom. The number of aromatic nitrogens is 2. The molecule has 1 N–H and O–H groups in total. The molecule has 2 heterocycles. The zero-order valence-corrected chi connectivity index (χ0v) is 15.6. The van der Waals surface area contributed by atoms with E-state index in [1.807, 2.05) is 24.3 Å². The van der Waals surface area contributed by atoms with Gasteiger partial charge in [0.15, 0.2) is 5.52 Å². The fourth-order valence-electron chi connectivity index (χ4n) is 3.33. The van der Waals surface area contributed by atoms with Crippen LogP contribution in [0.15, 0.2) is 59.2 Å². The molecule has 1 fully saturated rings. The van der Waals surface area contributed by atoms with Gasteiger partial charge in [-0.2, -0.15) is 0 Å². The van der Waals surface area contributed by atoms with Crippen LogP contribution in [0, 0.1) is 0 Å². The van der Waals surface area contributed by atoms with Crippen LogP contribution >= 0.6 is 0 Å². The van der Waals surface area contributed by atoms with Gasteiger partial charge < -0.3 is 5.32 Å². The number of carbonyl (C=O) groups is 1. The molecule has 3 aromatic rings. The van der Waals surface area contributed by atoms with Crippen molar-refractivity contribution in [2.45, 2.75) is 0 Å². The van der Waals surface area contributed by atoms with E-state index in [0.29, 0.717) is 23.3 Å². The third-order valence-corrected chi connectivity index (χ3v) is 4.87. The fraction of sp³-hybridized carbons (Fsp3) is 0.286. The maximum absolute atomic E-state index is 12.4. The van der Waals surface area contributed by atoms with Crippen molar-refractivity contribution < 1.29 is 9.42 Å². The highest BCUT2D eigenvalue weighted by molar-refractivity contribution is 5.99. The maximum atomic E-state index is 12.4. The van der Waals surface area contributed by atoms with E-state index in [1.165, 1.54) is 5.56 Å². The standard InChI is InChI=1S/C21H23N5O2/c27-20(22-18-9-4-10-19-21(18)24-28-23-19)16-26-14-12-25(13-15-26)11-5-8-17-6-2-1-3-7-17/h1-10H,11-16H2,(H,22,27)/b8-5+. The van der Waals surface area contributed by atoms with Gasteiger partial charge in [0, 0.05) is 32.7 Å². The first-order valence-electron chi connectivity index (χ1n) is 9.45. The fourth-order valence-corrected chi connectivity index (χ4v) is 3.33. The van der Waals surface area contributed by atoms with Crippen LogP contribution in [0.3, 0.4) is 0 Å². The molecule has 0 aliphatic carbocycles. The van der Waals surface area contributed by atoms with Gasteiger partial charge in [0.2, 0.25) is 5.91 Å². The molecule has 0 atom stereocenters. The number of nitrogens with zero attached hydrogens (tertiary/aromatic N) is 4. The quantitative estimate of drug-likeness (QED) is 0.711. The summed E-state index contributed by atoms with van der Waals surface area (Å²) in [6, 6.07) is 15.7. The molecule has 0 bridgehead atoms. The zero-order chi connectivity index (χ0) is 19.2. The van der Waals surface area contributed by atoms with Crippen molar-refractivity contribution in [1.82, 2.24) is 20.1 Å². The number of hydrogen-bond acceptors (Lipinski definition) is 6. The largest absolute Gasteiger partial charge is 0.323 e. The van der Waals surface area contributed by atoms with Crippen molar-refractivity contribution in [2.24, 2.45) is 0 Å². The summed E-state index contributed by atoms with van der Waals surface area (Å²) >= 11 is 0. The predicted octanol–water partition coefficient (Wildman–Crippen LogP) is 2.49. The second-order valence-electron chi connectivity index (χ2n) is 6.88. The van der Waals surface area contributed by atoms with E-state index in [4.69, 9.17) is 4.63 Å². The molecule has 0 unspecified atom stereocenters. The molecular formula is C21H23N5O2. The number of anilines is 1. The van der Waals surface area contributed by atoms with Gasteiger partial charge in [-0.05, 0) is 28.0 Å². The van der Waals surface area contributed by atoms with Crippen molar-refractivity contribution >= 4 is 28.7 Å². The summed E-state index contributed by atoms with van der Waals surface area (Å²) in [5.41, 5.74) is 3.06. The summed E-state index contributed by atoms with van der Waals surface area (Å²) in [5, 5.41) is 10.6. The summed E-state index contributed by atoms with van der Waals surface area (Å²) in [7, 11) is 0. The van der Waals surface area contributed by atoms with Gasteiger partial charge in [-0.3, -0.25) is 14.6 Å². The molecule has 1 saturated heterocycles. The zero-order valence-electron chi connectivity index (χ0n) is 15.6. The van der Waals surface area contributed by atoms with Gasteiger partial charge in [-0.1, -0.05) is 48.6 Å². The lowest BCUT2D eigenvalue weighted by atomic mass is 10.2. The Labute approximate surface area is 163 Å². The van der Waals surface area contributed by atoms with Crippen molar-refractivity contribution in [1.29, 1.82) is 0 Å². The number of carbonyl (C=O) groups excluding carboxylic acids is 1. The smallest absolute Gasteiger partial charge is 0.238 e. The van der Waals surface area contributed by atoms with Crippen LogP contribution < -0.4 is 5.32 Å². The minimum Gasteiger partial charge on any atom is -0.323 e. The lowest BCUT2D eigenvalue weighted by Gasteiger charge is -2.33. The number of nitrogens with one attached hydrogen (secondary N) is 1. The van der Waals surface area contributed by atoms with Crippen LogP contribution in [0.5, 0.6) is 0 Å². The van der Waals surface area contributed by atoms with E-state index in [0.717, 1.165) is 32.7 Å². The molecule has 1 aromatic heterocycles. The van der Waals surface area contributed by atoms with Crippen LogP contribution in [0.4, 0.5) is 5.69 Å². The van der Waals surface area contributed by atoms with Crippen molar-refractivity contribution in [3.63, 3.8) is 0 Å². The Morgan fingerprint density at radius 1 is 1.00 bits per heavy atom. The highest BCUT2D eigenvalue weighted by Gasteiger charge is 2.19. The van der Waals surface area contributed by atoms with Crippen molar-refractivity contribution in [3.05, 3.63) is 60.2 Å². The second kappa shape index (κ2) is 8.77. The highest BCUT2D eigenvalue weighted by Crippen LogP contribution is 2.19. The summed E-state index contributed by atoms with van der Waals surface area (Å²) in [4.78, 5) is 17.0. The molecule has 144 valence electrons. The summed E-state index contributed by atoms with van der Waals surface area (Å²) in [6.45, 7) is 4.96. The molecule has 0 saturated carbocycles. The van der Waals surface area contributed by atoms with Gasteiger partial charge >= 0.3 is 0 Å². The SMILES string of the molecule is O=C(CN1CCN(C/C=C/c2ccccc2)CC1)Nc1cccc2nonc12. The minimum absolute atomic E-state index is 0.0482. The molecule has 1 aliphatic rings. The Hall–Kier alpha value is -3.03. The van der Waals surface area contributed by atoms with Gasteiger partial charge in [0.1, 0.15) is 5.52 Å². The predicted molar refractivity (Wildman–Crippen MR) is 109 cm³/mol. The molecule has 1 aliphatic heterocycles. The summed E-state index contributed by atoms with van der Waals surface area (Å²) in [6.07, 6.45) is 4.35. The Kier molecular flexibility index (Phi) is 5.75. The Bertz CT molecular complexity index is 946. The number of piperazine rings is 1. The Balaban J connectivity index is 1.22. The summed E-state index contributed by atoms with van der Waals surface area (Å²) < 4.78 is 4.74. The highest BCUT2D eigenvalue weighted by atomic mass is 16.6. The molecular weight excluding hydrogens is 354 g/mol. The molecule has 7 heteroatoms. The average molecular weight is 377 g/mol. The number of hydrogen-bond donors (Lipinski definition) is 1. The van der Waals surface area contributed by atoms with Crippen LogP contribution in [-0.4, -0.2) is 65.3 Å². The molecule has 0 spiro atoms. The van der Waals surface area contributed by atoms with E-state index in [2.05, 4.69) is 49.7 Å². The number of amides is 1. The van der Waals surface area contributed by atoms with Crippen LogP contribution in [0.2, 0.25) is 0 Å². The van der Waals surface area contributed by atoms with Crippen LogP contribution in [0.25, 0.3) is 17.1 Å². The Morgan fingerprint density at radius 2 is 1.79 bits per heavy atom. The third-order valence-electron chi connectivity index (χ3n) is 4.87.